The Morgan fingerprint density at radius 2 is 1.80 bits per heavy atom. The van der Waals surface area contributed by atoms with Gasteiger partial charge in [0, 0.05) is 6.92 Å². The zero-order chi connectivity index (χ0) is 15.3. The summed E-state index contributed by atoms with van der Waals surface area (Å²) in [5, 5.41) is 2.50. The third-order valence-corrected chi connectivity index (χ3v) is 2.62. The largest absolute Gasteiger partial charge is 0.469 e. The van der Waals surface area contributed by atoms with Crippen molar-refractivity contribution in [2.75, 3.05) is 7.11 Å². The summed E-state index contributed by atoms with van der Waals surface area (Å²) in [7, 11) is 1.19. The normalized spacial score (nSPS) is 12.7. The minimum absolute atomic E-state index is 0.151. The Labute approximate surface area is 113 Å². The number of esters is 1. The molecule has 0 aliphatic rings. The topological polar surface area (TPSA) is 55.4 Å². The number of ether oxygens (including phenoxy) is 1. The summed E-state index contributed by atoms with van der Waals surface area (Å²) in [6, 6.07) is 3.55. The molecule has 1 aromatic carbocycles. The van der Waals surface area contributed by atoms with E-state index >= 15 is 0 Å². The van der Waals surface area contributed by atoms with Crippen LogP contribution < -0.4 is 5.32 Å². The lowest BCUT2D eigenvalue weighted by atomic mass is 10.0. The monoisotopic (exact) mass is 289 g/mol. The number of hydrogen-bond acceptors (Lipinski definition) is 3. The Bertz CT molecular complexity index is 483. The standard InChI is InChI=1S/C13H14F3NO3/c1-8(18)17-11(7-12(19)20-2)9-3-5-10(6-4-9)13(14,15)16/h3-6,11H,7H2,1-2H3,(H,17,18)/t11-/m1/s1. The number of rotatable bonds is 4. The second-order valence-electron chi connectivity index (χ2n) is 4.15. The van der Waals surface area contributed by atoms with Crippen molar-refractivity contribution >= 4 is 11.9 Å². The van der Waals surface area contributed by atoms with E-state index in [0.717, 1.165) is 12.1 Å². The molecule has 0 saturated heterocycles. The molecular formula is C13H14F3NO3. The van der Waals surface area contributed by atoms with Crippen molar-refractivity contribution in [2.24, 2.45) is 0 Å². The first kappa shape index (κ1) is 16.0. The molecule has 0 unspecified atom stereocenters. The van der Waals surface area contributed by atoms with Gasteiger partial charge in [-0.3, -0.25) is 9.59 Å². The van der Waals surface area contributed by atoms with E-state index in [4.69, 9.17) is 0 Å². The van der Waals surface area contributed by atoms with Crippen molar-refractivity contribution in [1.82, 2.24) is 5.32 Å². The van der Waals surface area contributed by atoms with Crippen molar-refractivity contribution in [3.05, 3.63) is 35.4 Å². The smallest absolute Gasteiger partial charge is 0.416 e. The first-order valence-electron chi connectivity index (χ1n) is 5.75. The lowest BCUT2D eigenvalue weighted by molar-refractivity contribution is -0.141. The van der Waals surface area contributed by atoms with E-state index in [0.29, 0.717) is 5.56 Å². The minimum Gasteiger partial charge on any atom is -0.469 e. The molecule has 0 radical (unpaired) electrons. The van der Waals surface area contributed by atoms with Crippen LogP contribution in [0.3, 0.4) is 0 Å². The summed E-state index contributed by atoms with van der Waals surface area (Å²) >= 11 is 0. The number of benzene rings is 1. The Kier molecular flexibility index (Phi) is 5.12. The van der Waals surface area contributed by atoms with Gasteiger partial charge in [0.1, 0.15) is 0 Å². The van der Waals surface area contributed by atoms with Crippen LogP contribution in [0.25, 0.3) is 0 Å². The molecule has 0 aliphatic carbocycles. The molecule has 1 N–H and O–H groups in total. The van der Waals surface area contributed by atoms with Gasteiger partial charge in [0.2, 0.25) is 5.91 Å². The van der Waals surface area contributed by atoms with E-state index in [9.17, 15) is 22.8 Å². The van der Waals surface area contributed by atoms with Gasteiger partial charge in [0.05, 0.1) is 25.1 Å². The first-order valence-corrected chi connectivity index (χ1v) is 5.75. The molecule has 0 fully saturated rings. The second kappa shape index (κ2) is 6.40. The lowest BCUT2D eigenvalue weighted by Gasteiger charge is -2.18. The number of nitrogens with one attached hydrogen (secondary N) is 1. The summed E-state index contributed by atoms with van der Waals surface area (Å²) in [6.45, 7) is 1.26. The van der Waals surface area contributed by atoms with E-state index in [1.165, 1.54) is 26.2 Å². The number of carbonyl (C=O) groups excluding carboxylic acids is 2. The summed E-state index contributed by atoms with van der Waals surface area (Å²) in [5.41, 5.74) is -0.389. The van der Waals surface area contributed by atoms with Crippen LogP contribution >= 0.6 is 0 Å². The molecule has 0 aromatic heterocycles. The van der Waals surface area contributed by atoms with Crippen LogP contribution in [0.4, 0.5) is 13.2 Å². The third kappa shape index (κ3) is 4.56. The van der Waals surface area contributed by atoms with E-state index in [2.05, 4.69) is 10.1 Å². The first-order chi connectivity index (χ1) is 9.24. The van der Waals surface area contributed by atoms with E-state index in [1.54, 1.807) is 0 Å². The molecule has 20 heavy (non-hydrogen) atoms. The third-order valence-electron chi connectivity index (χ3n) is 2.62. The number of alkyl halides is 3. The summed E-state index contributed by atoms with van der Waals surface area (Å²) in [6.07, 6.45) is -4.58. The maximum Gasteiger partial charge on any atom is 0.416 e. The van der Waals surface area contributed by atoms with Gasteiger partial charge in [0.15, 0.2) is 0 Å². The van der Waals surface area contributed by atoms with Gasteiger partial charge in [-0.2, -0.15) is 13.2 Å². The number of carbonyl (C=O) groups is 2. The van der Waals surface area contributed by atoms with Crippen molar-refractivity contribution in [1.29, 1.82) is 0 Å². The fraction of sp³-hybridized carbons (Fsp3) is 0.385. The predicted molar refractivity (Wildman–Crippen MR) is 64.6 cm³/mol. The number of methoxy groups -OCH3 is 1. The fourth-order valence-electron chi connectivity index (χ4n) is 1.65. The molecule has 0 heterocycles. The molecule has 4 nitrogen and oxygen atoms in total. The number of hydrogen-bond donors (Lipinski definition) is 1. The summed E-state index contributed by atoms with van der Waals surface area (Å²) in [5.74, 6) is -0.956. The van der Waals surface area contributed by atoms with Crippen LogP contribution in [0, 0.1) is 0 Å². The zero-order valence-corrected chi connectivity index (χ0v) is 11.0. The maximum atomic E-state index is 12.5. The SMILES string of the molecule is COC(=O)C[C@@H](NC(C)=O)c1ccc(C(F)(F)F)cc1. The predicted octanol–water partition coefficient (Wildman–Crippen LogP) is 2.45. The van der Waals surface area contributed by atoms with Crippen LogP contribution in [0.1, 0.15) is 30.5 Å². The van der Waals surface area contributed by atoms with Gasteiger partial charge < -0.3 is 10.1 Å². The van der Waals surface area contributed by atoms with Gasteiger partial charge in [-0.05, 0) is 17.7 Å². The molecule has 1 rings (SSSR count). The van der Waals surface area contributed by atoms with Crippen LogP contribution in [-0.2, 0) is 20.5 Å². The summed E-state index contributed by atoms with van der Waals surface area (Å²) < 4.78 is 41.8. The summed E-state index contributed by atoms with van der Waals surface area (Å²) in [4.78, 5) is 22.3. The highest BCUT2D eigenvalue weighted by molar-refractivity contribution is 5.75. The average molecular weight is 289 g/mol. The Morgan fingerprint density at radius 3 is 2.20 bits per heavy atom. The van der Waals surface area contributed by atoms with Crippen molar-refractivity contribution in [3.63, 3.8) is 0 Å². The molecule has 0 spiro atoms. The quantitative estimate of drug-likeness (QED) is 0.866. The van der Waals surface area contributed by atoms with Crippen molar-refractivity contribution in [3.8, 4) is 0 Å². The van der Waals surface area contributed by atoms with Gasteiger partial charge >= 0.3 is 12.1 Å². The van der Waals surface area contributed by atoms with E-state index < -0.39 is 23.8 Å². The van der Waals surface area contributed by atoms with Gasteiger partial charge in [0.25, 0.3) is 0 Å². The molecule has 110 valence electrons. The zero-order valence-electron chi connectivity index (χ0n) is 11.0. The second-order valence-corrected chi connectivity index (χ2v) is 4.15. The minimum atomic E-state index is -4.43. The van der Waals surface area contributed by atoms with Crippen molar-refractivity contribution in [2.45, 2.75) is 25.6 Å². The fourth-order valence-corrected chi connectivity index (χ4v) is 1.65. The molecular weight excluding hydrogens is 275 g/mol. The van der Waals surface area contributed by atoms with Crippen LogP contribution in [0.2, 0.25) is 0 Å². The highest BCUT2D eigenvalue weighted by atomic mass is 19.4. The number of halogens is 3. The highest BCUT2D eigenvalue weighted by Gasteiger charge is 2.30. The van der Waals surface area contributed by atoms with Crippen molar-refractivity contribution < 1.29 is 27.5 Å². The Balaban J connectivity index is 2.96. The molecule has 0 bridgehead atoms. The molecule has 0 saturated carbocycles. The molecule has 1 atom stereocenters. The highest BCUT2D eigenvalue weighted by Crippen LogP contribution is 2.30. The molecule has 7 heteroatoms. The lowest BCUT2D eigenvalue weighted by Crippen LogP contribution is -2.28. The Hall–Kier alpha value is -2.05. The maximum absolute atomic E-state index is 12.5. The molecule has 0 aliphatic heterocycles. The number of amides is 1. The molecule has 1 amide bonds. The van der Waals surface area contributed by atoms with E-state index in [1.807, 2.05) is 0 Å². The average Bonchev–Trinajstić information content (AvgIpc) is 2.36. The van der Waals surface area contributed by atoms with Crippen LogP contribution in [0.5, 0.6) is 0 Å². The van der Waals surface area contributed by atoms with Crippen LogP contribution in [0.15, 0.2) is 24.3 Å². The molecule has 1 aromatic rings. The van der Waals surface area contributed by atoms with Gasteiger partial charge in [-0.1, -0.05) is 12.1 Å². The van der Waals surface area contributed by atoms with Gasteiger partial charge in [-0.15, -0.1) is 0 Å². The van der Waals surface area contributed by atoms with E-state index in [-0.39, 0.29) is 12.3 Å². The van der Waals surface area contributed by atoms with Gasteiger partial charge in [-0.25, -0.2) is 0 Å². The Morgan fingerprint density at radius 1 is 1.25 bits per heavy atom. The van der Waals surface area contributed by atoms with Crippen LogP contribution in [-0.4, -0.2) is 19.0 Å².